The molecule has 2 rings (SSSR count). The van der Waals surface area contributed by atoms with E-state index in [0.717, 1.165) is 18.4 Å². The van der Waals surface area contributed by atoms with Crippen molar-refractivity contribution in [2.45, 2.75) is 31.9 Å². The van der Waals surface area contributed by atoms with Crippen LogP contribution in [-0.4, -0.2) is 35.0 Å². The van der Waals surface area contributed by atoms with E-state index in [9.17, 15) is 14.3 Å². The molecule has 5 heteroatoms. The molecule has 1 heterocycles. The van der Waals surface area contributed by atoms with Gasteiger partial charge in [0.05, 0.1) is 12.1 Å². The maximum atomic E-state index is 12.9. The summed E-state index contributed by atoms with van der Waals surface area (Å²) >= 11 is 0. The second-order valence-electron chi connectivity index (χ2n) is 5.45. The maximum absolute atomic E-state index is 12.9. The molecular weight excluding hydrogens is 259 g/mol. The summed E-state index contributed by atoms with van der Waals surface area (Å²) < 4.78 is 12.9. The summed E-state index contributed by atoms with van der Waals surface area (Å²) in [6, 6.07) is 5.45. The van der Waals surface area contributed by atoms with Crippen LogP contribution in [0.25, 0.3) is 0 Å². The number of nitrogens with two attached hydrogens (primary N) is 1. The van der Waals surface area contributed by atoms with Gasteiger partial charge < -0.3 is 15.7 Å². The van der Waals surface area contributed by atoms with E-state index in [4.69, 9.17) is 5.73 Å². The van der Waals surface area contributed by atoms with Gasteiger partial charge in [-0.1, -0.05) is 12.1 Å². The second kappa shape index (κ2) is 6.33. The van der Waals surface area contributed by atoms with Gasteiger partial charge in [0.2, 0.25) is 5.91 Å². The summed E-state index contributed by atoms with van der Waals surface area (Å²) in [7, 11) is 0. The van der Waals surface area contributed by atoms with Gasteiger partial charge in [0.1, 0.15) is 5.82 Å². The van der Waals surface area contributed by atoms with Crippen LogP contribution in [0.15, 0.2) is 24.3 Å². The van der Waals surface area contributed by atoms with Crippen molar-refractivity contribution in [1.82, 2.24) is 4.90 Å². The molecule has 110 valence electrons. The van der Waals surface area contributed by atoms with Crippen LogP contribution in [0.4, 0.5) is 4.39 Å². The largest absolute Gasteiger partial charge is 0.388 e. The number of carbonyl (C=O) groups is 1. The molecule has 0 aromatic heterocycles. The molecule has 1 fully saturated rings. The van der Waals surface area contributed by atoms with Crippen molar-refractivity contribution >= 4 is 5.91 Å². The fourth-order valence-corrected chi connectivity index (χ4v) is 2.66. The van der Waals surface area contributed by atoms with E-state index in [2.05, 4.69) is 0 Å². The summed E-state index contributed by atoms with van der Waals surface area (Å²) in [6.07, 6.45) is 0.858. The molecule has 2 atom stereocenters. The van der Waals surface area contributed by atoms with Crippen LogP contribution in [0.1, 0.15) is 31.4 Å². The van der Waals surface area contributed by atoms with Crippen molar-refractivity contribution < 1.29 is 14.3 Å². The first kappa shape index (κ1) is 14.9. The van der Waals surface area contributed by atoms with Crippen molar-refractivity contribution in [2.24, 2.45) is 11.7 Å². The lowest BCUT2D eigenvalue weighted by atomic mass is 9.87. The number of benzene rings is 1. The molecule has 0 aliphatic carbocycles. The van der Waals surface area contributed by atoms with Gasteiger partial charge in [-0.25, -0.2) is 4.39 Å². The van der Waals surface area contributed by atoms with Gasteiger partial charge in [-0.2, -0.15) is 0 Å². The van der Waals surface area contributed by atoms with Crippen LogP contribution >= 0.6 is 0 Å². The Kier molecular flexibility index (Phi) is 4.73. The Morgan fingerprint density at radius 3 is 2.40 bits per heavy atom. The Morgan fingerprint density at radius 1 is 1.35 bits per heavy atom. The highest BCUT2D eigenvalue weighted by Gasteiger charge is 2.29. The van der Waals surface area contributed by atoms with E-state index >= 15 is 0 Å². The second-order valence-corrected chi connectivity index (χ2v) is 5.45. The van der Waals surface area contributed by atoms with Crippen molar-refractivity contribution in [2.75, 3.05) is 13.1 Å². The van der Waals surface area contributed by atoms with Gasteiger partial charge in [-0.3, -0.25) is 4.79 Å². The quantitative estimate of drug-likeness (QED) is 0.880. The van der Waals surface area contributed by atoms with E-state index < -0.39 is 12.1 Å². The molecule has 4 nitrogen and oxygen atoms in total. The van der Waals surface area contributed by atoms with Crippen LogP contribution < -0.4 is 5.73 Å². The van der Waals surface area contributed by atoms with Crippen LogP contribution in [0, 0.1) is 11.7 Å². The Bertz CT molecular complexity index is 453. The number of piperidine rings is 1. The number of hydrogen-bond donors (Lipinski definition) is 2. The number of nitrogens with zero attached hydrogens (tertiary/aromatic N) is 1. The van der Waals surface area contributed by atoms with E-state index in [1.165, 1.54) is 12.1 Å². The van der Waals surface area contributed by atoms with Crippen molar-refractivity contribution in [1.29, 1.82) is 0 Å². The Balaban J connectivity index is 1.93. The van der Waals surface area contributed by atoms with Crippen molar-refractivity contribution in [3.8, 4) is 0 Å². The molecule has 1 saturated heterocycles. The SMILES string of the molecule is C[C@@H](N)C(=O)N1CCC([C@@H](O)c2ccc(F)cc2)CC1. The van der Waals surface area contributed by atoms with E-state index in [1.807, 2.05) is 0 Å². The van der Waals surface area contributed by atoms with Gasteiger partial charge in [0, 0.05) is 13.1 Å². The molecule has 1 aliphatic rings. The van der Waals surface area contributed by atoms with Gasteiger partial charge in [-0.15, -0.1) is 0 Å². The van der Waals surface area contributed by atoms with E-state index in [1.54, 1.807) is 24.0 Å². The molecule has 1 aromatic carbocycles. The number of amides is 1. The number of aliphatic hydroxyl groups is 1. The van der Waals surface area contributed by atoms with Crippen LogP contribution in [-0.2, 0) is 4.79 Å². The molecule has 3 N–H and O–H groups in total. The third kappa shape index (κ3) is 3.35. The highest BCUT2D eigenvalue weighted by atomic mass is 19.1. The monoisotopic (exact) mass is 280 g/mol. The van der Waals surface area contributed by atoms with Crippen molar-refractivity contribution in [3.05, 3.63) is 35.6 Å². The molecule has 0 spiro atoms. The molecule has 0 bridgehead atoms. The summed E-state index contributed by atoms with van der Waals surface area (Å²) in [5.41, 5.74) is 6.32. The van der Waals surface area contributed by atoms with Crippen LogP contribution in [0.2, 0.25) is 0 Å². The molecule has 1 aliphatic heterocycles. The number of halogens is 1. The summed E-state index contributed by atoms with van der Waals surface area (Å²) in [5, 5.41) is 10.3. The average molecular weight is 280 g/mol. The smallest absolute Gasteiger partial charge is 0.239 e. The first-order valence-electron chi connectivity index (χ1n) is 6.97. The van der Waals surface area contributed by atoms with Gasteiger partial charge in [-0.05, 0) is 43.4 Å². The number of rotatable bonds is 3. The Labute approximate surface area is 118 Å². The summed E-state index contributed by atoms with van der Waals surface area (Å²) in [4.78, 5) is 13.5. The molecule has 0 radical (unpaired) electrons. The average Bonchev–Trinajstić information content (AvgIpc) is 2.46. The van der Waals surface area contributed by atoms with Crippen LogP contribution in [0.3, 0.4) is 0 Å². The minimum Gasteiger partial charge on any atom is -0.388 e. The zero-order valence-electron chi connectivity index (χ0n) is 11.6. The molecule has 20 heavy (non-hydrogen) atoms. The maximum Gasteiger partial charge on any atom is 0.239 e. The zero-order chi connectivity index (χ0) is 14.7. The van der Waals surface area contributed by atoms with Gasteiger partial charge in [0.15, 0.2) is 0 Å². The lowest BCUT2D eigenvalue weighted by Gasteiger charge is -2.35. The van der Waals surface area contributed by atoms with Gasteiger partial charge >= 0.3 is 0 Å². The van der Waals surface area contributed by atoms with E-state index in [-0.39, 0.29) is 17.6 Å². The molecule has 1 aromatic rings. The standard InChI is InChI=1S/C15H21FN2O2/c1-10(17)15(20)18-8-6-12(7-9-18)14(19)11-2-4-13(16)5-3-11/h2-5,10,12,14,19H,6-9,17H2,1H3/t10-,14+/m1/s1. The minimum absolute atomic E-state index is 0.0419. The molecule has 1 amide bonds. The summed E-state index contributed by atoms with van der Waals surface area (Å²) in [6.45, 7) is 2.91. The number of hydrogen-bond acceptors (Lipinski definition) is 3. The molecule has 0 saturated carbocycles. The third-order valence-electron chi connectivity index (χ3n) is 3.90. The first-order chi connectivity index (χ1) is 9.49. The Morgan fingerprint density at radius 2 is 1.90 bits per heavy atom. The number of aliphatic hydroxyl groups excluding tert-OH is 1. The Hall–Kier alpha value is -1.46. The number of carbonyl (C=O) groups excluding carboxylic acids is 1. The fourth-order valence-electron chi connectivity index (χ4n) is 2.66. The van der Waals surface area contributed by atoms with Crippen molar-refractivity contribution in [3.63, 3.8) is 0 Å². The van der Waals surface area contributed by atoms with Crippen LogP contribution in [0.5, 0.6) is 0 Å². The fraction of sp³-hybridized carbons (Fsp3) is 0.533. The molecule has 0 unspecified atom stereocenters. The highest BCUT2D eigenvalue weighted by molar-refractivity contribution is 5.81. The topological polar surface area (TPSA) is 66.6 Å². The molecular formula is C15H21FN2O2. The number of likely N-dealkylation sites (tertiary alicyclic amines) is 1. The first-order valence-corrected chi connectivity index (χ1v) is 6.97. The zero-order valence-corrected chi connectivity index (χ0v) is 11.6. The summed E-state index contributed by atoms with van der Waals surface area (Å²) in [5.74, 6) is -0.254. The minimum atomic E-state index is -0.608. The predicted molar refractivity (Wildman–Crippen MR) is 74.3 cm³/mol. The predicted octanol–water partition coefficient (Wildman–Crippen LogP) is 1.44. The lowest BCUT2D eigenvalue weighted by molar-refractivity contribution is -0.134. The lowest BCUT2D eigenvalue weighted by Crippen LogP contribution is -2.46. The van der Waals surface area contributed by atoms with E-state index in [0.29, 0.717) is 13.1 Å². The normalized spacial score (nSPS) is 19.7. The third-order valence-corrected chi connectivity index (χ3v) is 3.90. The van der Waals surface area contributed by atoms with Gasteiger partial charge in [0.25, 0.3) is 0 Å². The highest BCUT2D eigenvalue weighted by Crippen LogP contribution is 2.30.